The fourth-order valence-electron chi connectivity index (χ4n) is 4.44. The Morgan fingerprint density at radius 3 is 0.931 bits per heavy atom. The Morgan fingerprint density at radius 2 is 0.707 bits per heavy atom. The zero-order chi connectivity index (χ0) is 41.7. The molecule has 0 aliphatic carbocycles. The smallest absolute Gasteiger partial charge is 0.848 e. The number of aromatic nitrogens is 2. The summed E-state index contributed by atoms with van der Waals surface area (Å²) in [6, 6.07) is 21.1. The molecule has 22 heteroatoms. The van der Waals surface area contributed by atoms with Crippen molar-refractivity contribution in [3.63, 3.8) is 0 Å². The molecular weight excluding hydrogens is 1130 g/mol. The van der Waals surface area contributed by atoms with Gasteiger partial charge >= 0.3 is 117 Å². The Bertz CT molecular complexity index is 1800. The standard InChI is InChI=1S/C12H8N2.3C8H7F3O2S.2Eu/c1-3-9-5-6-10-4-2-8-14-12(10)11(9)13-7-1;3*9-8(10,11)7(13)4-5(12)6-2-1-3-14-6;;/h1-8H;3*1-3,5,7H,4H2;;/q;3*-2;2*+3. The van der Waals surface area contributed by atoms with Crippen LogP contribution in [-0.4, -0.2) is 46.8 Å². The molecule has 0 amide bonds. The molecule has 0 aliphatic heterocycles. The van der Waals surface area contributed by atoms with Crippen LogP contribution in [0.3, 0.4) is 0 Å². The molecule has 1 aromatic carbocycles. The summed E-state index contributed by atoms with van der Waals surface area (Å²) in [4.78, 5) is 9.51. The van der Waals surface area contributed by atoms with Crippen LogP contribution >= 0.6 is 34.0 Å². The molecule has 0 N–H and O–H groups in total. The van der Waals surface area contributed by atoms with Gasteiger partial charge in [-0.15, -0.1) is 0 Å². The zero-order valence-electron chi connectivity index (χ0n) is 29.1. The van der Waals surface area contributed by atoms with Crippen molar-refractivity contribution in [3.05, 3.63) is 116 Å². The second-order valence-electron chi connectivity index (χ2n) is 11.5. The summed E-state index contributed by atoms with van der Waals surface area (Å²) in [5.41, 5.74) is 1.95. The second kappa shape index (κ2) is 26.2. The molecule has 0 saturated heterocycles. The Morgan fingerprint density at radius 1 is 0.431 bits per heavy atom. The number of hydrogen-bond acceptors (Lipinski definition) is 11. The van der Waals surface area contributed by atoms with Crippen LogP contribution in [-0.2, 0) is 0 Å². The van der Waals surface area contributed by atoms with E-state index in [4.69, 9.17) is 0 Å². The fraction of sp³-hybridized carbons (Fsp3) is 0.333. The second-order valence-corrected chi connectivity index (χ2v) is 14.5. The van der Waals surface area contributed by atoms with E-state index >= 15 is 0 Å². The minimum atomic E-state index is -4.82. The summed E-state index contributed by atoms with van der Waals surface area (Å²) in [7, 11) is 0. The molecule has 5 aromatic heterocycles. The molecule has 0 bridgehead atoms. The maximum absolute atomic E-state index is 11.8. The summed E-state index contributed by atoms with van der Waals surface area (Å²) < 4.78 is 106. The van der Waals surface area contributed by atoms with E-state index in [9.17, 15) is 70.2 Å². The molecular formula is C36H29Eu2F9N2O6S3. The van der Waals surface area contributed by atoms with E-state index in [2.05, 4.69) is 34.2 Å². The molecule has 6 aromatic rings. The molecule has 0 saturated carbocycles. The van der Waals surface area contributed by atoms with Crippen LogP contribution in [0.25, 0.3) is 21.8 Å². The van der Waals surface area contributed by atoms with Crippen molar-refractivity contribution in [2.24, 2.45) is 0 Å². The minimum absolute atomic E-state index is 0. The van der Waals surface area contributed by atoms with Gasteiger partial charge in [0.15, 0.2) is 0 Å². The van der Waals surface area contributed by atoms with Gasteiger partial charge < -0.3 is 30.6 Å². The van der Waals surface area contributed by atoms with E-state index in [0.29, 0.717) is 0 Å². The van der Waals surface area contributed by atoms with Crippen LogP contribution < -0.4 is 30.6 Å². The van der Waals surface area contributed by atoms with Gasteiger partial charge in [0.25, 0.3) is 0 Å². The third-order valence-corrected chi connectivity index (χ3v) is 10.2. The SMILES string of the molecule is [Eu+3].[Eu+3].[O-]C(CC([O-])C(F)(F)F)c1cccs1.[O-]C(CC([O-])C(F)(F)F)c1cccs1.[O-]C(CC([O-])C(F)(F)F)c1cccs1.c1cnc2c(c1)ccc1cccnc12. The number of nitrogens with zero attached hydrogens (tertiary/aromatic N) is 2. The molecule has 6 atom stereocenters. The first kappa shape index (κ1) is 55.5. The Hall–Kier alpha value is -0.561. The van der Waals surface area contributed by atoms with Gasteiger partial charge in [-0.25, -0.2) is 0 Å². The summed E-state index contributed by atoms with van der Waals surface area (Å²) in [6.07, 6.45) is -26.7. The number of fused-ring (bicyclic) bond motifs is 3. The predicted octanol–water partition coefficient (Wildman–Crippen LogP) is 5.28. The largest absolute Gasteiger partial charge is 3.00 e. The molecule has 314 valence electrons. The van der Waals surface area contributed by atoms with Crippen LogP contribution in [0.4, 0.5) is 39.5 Å². The van der Waals surface area contributed by atoms with Crippen LogP contribution in [0.5, 0.6) is 0 Å². The number of rotatable bonds is 9. The first-order valence-corrected chi connectivity index (χ1v) is 18.7. The van der Waals surface area contributed by atoms with Gasteiger partial charge in [-0.1, -0.05) is 80.0 Å². The van der Waals surface area contributed by atoms with E-state index in [1.165, 1.54) is 18.2 Å². The first-order chi connectivity index (χ1) is 26.2. The van der Waals surface area contributed by atoms with Crippen molar-refractivity contribution < 1.29 is 169 Å². The van der Waals surface area contributed by atoms with E-state index in [0.717, 1.165) is 55.8 Å². The van der Waals surface area contributed by atoms with Gasteiger partial charge in [0.05, 0.1) is 11.0 Å². The summed E-state index contributed by atoms with van der Waals surface area (Å²) in [5.74, 6) is 0. The molecule has 0 aliphatic rings. The third-order valence-electron chi connectivity index (χ3n) is 7.31. The van der Waals surface area contributed by atoms with Crippen LogP contribution in [0.15, 0.2) is 101 Å². The van der Waals surface area contributed by atoms with Crippen LogP contribution in [0.2, 0.25) is 0 Å². The third kappa shape index (κ3) is 18.8. The van der Waals surface area contributed by atoms with Gasteiger partial charge in [-0.2, -0.15) is 73.5 Å². The van der Waals surface area contributed by atoms with Gasteiger partial charge in [0.1, 0.15) is 0 Å². The topological polar surface area (TPSA) is 164 Å². The summed E-state index contributed by atoms with van der Waals surface area (Å²) >= 11 is 3.19. The number of hydrogen-bond donors (Lipinski definition) is 0. The molecule has 58 heavy (non-hydrogen) atoms. The fourth-order valence-corrected chi connectivity index (χ4v) is 6.59. The van der Waals surface area contributed by atoms with Crippen molar-refractivity contribution >= 4 is 55.8 Å². The van der Waals surface area contributed by atoms with Crippen molar-refractivity contribution in [3.8, 4) is 0 Å². The Balaban J connectivity index is 0.000000382. The predicted molar refractivity (Wildman–Crippen MR) is 182 cm³/mol. The van der Waals surface area contributed by atoms with Crippen molar-refractivity contribution in [2.75, 3.05) is 0 Å². The maximum atomic E-state index is 11.8. The number of alkyl halides is 9. The first-order valence-electron chi connectivity index (χ1n) is 16.0. The quantitative estimate of drug-likeness (QED) is 0.140. The molecule has 5 heterocycles. The van der Waals surface area contributed by atoms with Gasteiger partial charge in [0.2, 0.25) is 0 Å². The number of benzene rings is 1. The maximum Gasteiger partial charge on any atom is 3.00 e. The minimum Gasteiger partial charge on any atom is -0.848 e. The summed E-state index contributed by atoms with van der Waals surface area (Å²) in [6.45, 7) is 0. The van der Waals surface area contributed by atoms with Gasteiger partial charge in [-0.05, 0) is 79.4 Å². The van der Waals surface area contributed by atoms with Crippen molar-refractivity contribution in [2.45, 2.75) is 74.4 Å². The van der Waals surface area contributed by atoms with Crippen LogP contribution in [0, 0.1) is 98.8 Å². The van der Waals surface area contributed by atoms with Crippen LogP contribution in [0.1, 0.15) is 52.2 Å². The van der Waals surface area contributed by atoms with E-state index in [1.54, 1.807) is 46.7 Å². The molecule has 0 fully saturated rings. The zero-order valence-corrected chi connectivity index (χ0v) is 36.4. The van der Waals surface area contributed by atoms with Gasteiger partial charge in [0, 0.05) is 23.2 Å². The molecule has 8 nitrogen and oxygen atoms in total. The average molecular weight is 1160 g/mol. The normalized spacial score (nSPS) is 14.7. The Labute approximate surface area is 419 Å². The molecule has 0 spiro atoms. The summed E-state index contributed by atoms with van der Waals surface area (Å²) in [5, 5.41) is 72.1. The van der Waals surface area contributed by atoms with Crippen molar-refractivity contribution in [1.29, 1.82) is 0 Å². The van der Waals surface area contributed by atoms with E-state index < -0.39 is 74.4 Å². The monoisotopic (exact) mass is 1160 g/mol. The van der Waals surface area contributed by atoms with E-state index in [1.807, 2.05) is 12.1 Å². The number of pyridine rings is 2. The van der Waals surface area contributed by atoms with Crippen molar-refractivity contribution in [1.82, 2.24) is 9.97 Å². The number of halogens is 9. The number of thiophene rings is 3. The van der Waals surface area contributed by atoms with E-state index in [-0.39, 0.29) is 113 Å². The van der Waals surface area contributed by atoms with Gasteiger partial charge in [-0.3, -0.25) is 9.97 Å². The molecule has 6 unspecified atom stereocenters. The molecule has 0 radical (unpaired) electrons. The Kier molecular flexibility index (Phi) is 25.0. The average Bonchev–Trinajstić information content (AvgIpc) is 3.96. The molecule has 6 rings (SSSR count).